The highest BCUT2D eigenvalue weighted by molar-refractivity contribution is 14.1. The minimum absolute atomic E-state index is 0.245. The van der Waals surface area contributed by atoms with Crippen molar-refractivity contribution < 1.29 is 33.1 Å². The van der Waals surface area contributed by atoms with Crippen LogP contribution in [-0.4, -0.2) is 56.2 Å². The van der Waals surface area contributed by atoms with Crippen molar-refractivity contribution in [2.75, 3.05) is 6.61 Å². The van der Waals surface area contributed by atoms with E-state index in [-0.39, 0.29) is 17.1 Å². The van der Waals surface area contributed by atoms with Crippen molar-refractivity contribution in [3.63, 3.8) is 0 Å². The maximum atomic E-state index is 12.1. The van der Waals surface area contributed by atoms with Crippen LogP contribution in [0, 0.1) is 0 Å². The molecule has 0 aliphatic heterocycles. The number of halogens is 1. The average molecular weight is 472 g/mol. The van der Waals surface area contributed by atoms with Crippen LogP contribution in [0.25, 0.3) is 0 Å². The van der Waals surface area contributed by atoms with Crippen LogP contribution >= 0.6 is 22.6 Å². The molecule has 138 valence electrons. The summed E-state index contributed by atoms with van der Waals surface area (Å²) in [4.78, 5) is 47.4. The van der Waals surface area contributed by atoms with Crippen LogP contribution in [0.5, 0.6) is 0 Å². The van der Waals surface area contributed by atoms with Crippen LogP contribution < -0.4 is 0 Å². The lowest BCUT2D eigenvalue weighted by Crippen LogP contribution is -2.39. The van der Waals surface area contributed by atoms with E-state index in [9.17, 15) is 19.2 Å². The zero-order chi connectivity index (χ0) is 18.9. The Hall–Kier alpha value is -0.813. The SMILES string of the molecule is CCCOC(=O)[C@@H](O[SiH3])[C@H](I)C(=O)CC(=O)CC(=O)OC(C)(C)C. The first-order valence-electron chi connectivity index (χ1n) is 7.61. The second-order valence-electron chi connectivity index (χ2n) is 6.17. The van der Waals surface area contributed by atoms with Crippen molar-refractivity contribution in [3.8, 4) is 0 Å². The molecule has 0 aromatic rings. The quantitative estimate of drug-likeness (QED) is 0.152. The maximum Gasteiger partial charge on any atom is 0.335 e. The summed E-state index contributed by atoms with van der Waals surface area (Å²) in [6, 6.07) is 0. The Balaban J connectivity index is 4.59. The molecule has 0 saturated heterocycles. The standard InChI is InChI=1S/C15H25IO7Si/c1-5-6-21-14(20)13(23-24)12(16)10(18)7-9(17)8-11(19)22-15(2,3)4/h12-13H,5-8H2,1-4,24H3/t12-,13+/m1/s1. The van der Waals surface area contributed by atoms with Gasteiger partial charge in [0.1, 0.15) is 26.4 Å². The lowest BCUT2D eigenvalue weighted by Gasteiger charge is -2.20. The monoisotopic (exact) mass is 472 g/mol. The lowest BCUT2D eigenvalue weighted by atomic mass is 10.1. The molecule has 0 radical (unpaired) electrons. The van der Waals surface area contributed by atoms with Crippen LogP contribution in [-0.2, 0) is 33.1 Å². The molecule has 0 fully saturated rings. The molecule has 0 rings (SSSR count). The van der Waals surface area contributed by atoms with Gasteiger partial charge >= 0.3 is 11.9 Å². The van der Waals surface area contributed by atoms with E-state index in [4.69, 9.17) is 13.9 Å². The molecule has 0 amide bonds. The van der Waals surface area contributed by atoms with E-state index in [0.717, 1.165) is 0 Å². The fourth-order valence-corrected chi connectivity index (χ4v) is 3.51. The summed E-state index contributed by atoms with van der Waals surface area (Å²) < 4.78 is 14.3. The molecule has 0 heterocycles. The highest BCUT2D eigenvalue weighted by atomic mass is 127. The first kappa shape index (κ1) is 23.2. The van der Waals surface area contributed by atoms with Crippen molar-refractivity contribution >= 4 is 56.6 Å². The number of esters is 2. The van der Waals surface area contributed by atoms with Crippen molar-refractivity contribution in [2.24, 2.45) is 0 Å². The smallest absolute Gasteiger partial charge is 0.335 e. The van der Waals surface area contributed by atoms with Gasteiger partial charge in [-0.3, -0.25) is 14.4 Å². The van der Waals surface area contributed by atoms with Crippen molar-refractivity contribution in [2.45, 2.75) is 62.6 Å². The van der Waals surface area contributed by atoms with Gasteiger partial charge in [0.25, 0.3) is 0 Å². The average Bonchev–Trinajstić information content (AvgIpc) is 2.43. The Labute approximate surface area is 158 Å². The number of ether oxygens (including phenoxy) is 2. The first-order valence-corrected chi connectivity index (χ1v) is 9.67. The fraction of sp³-hybridized carbons (Fsp3) is 0.733. The predicted molar refractivity (Wildman–Crippen MR) is 99.0 cm³/mol. The molecular formula is C15H25IO7Si. The number of Topliss-reactive ketones (excluding diaryl/α,β-unsaturated/α-hetero) is 2. The van der Waals surface area contributed by atoms with Gasteiger partial charge in [0.2, 0.25) is 0 Å². The second kappa shape index (κ2) is 10.9. The molecule has 0 aromatic carbocycles. The van der Waals surface area contributed by atoms with E-state index >= 15 is 0 Å². The van der Waals surface area contributed by atoms with E-state index in [1.165, 1.54) is 0 Å². The Morgan fingerprint density at radius 3 is 2.17 bits per heavy atom. The molecular weight excluding hydrogens is 447 g/mol. The third-order valence-corrected chi connectivity index (χ3v) is 4.50. The minimum atomic E-state index is -1.02. The van der Waals surface area contributed by atoms with Gasteiger partial charge < -0.3 is 13.9 Å². The summed E-state index contributed by atoms with van der Waals surface area (Å²) in [6.07, 6.45) is -1.28. The lowest BCUT2D eigenvalue weighted by molar-refractivity contribution is -0.157. The topological polar surface area (TPSA) is 96.0 Å². The highest BCUT2D eigenvalue weighted by Crippen LogP contribution is 2.16. The van der Waals surface area contributed by atoms with Crippen LogP contribution in [0.3, 0.4) is 0 Å². The van der Waals surface area contributed by atoms with Gasteiger partial charge in [-0.1, -0.05) is 29.5 Å². The number of carbonyl (C=O) groups excluding carboxylic acids is 4. The van der Waals surface area contributed by atoms with E-state index in [0.29, 0.717) is 6.42 Å². The molecule has 0 aromatic heterocycles. The number of hydrogen-bond donors (Lipinski definition) is 0. The van der Waals surface area contributed by atoms with Crippen LogP contribution in [0.15, 0.2) is 0 Å². The van der Waals surface area contributed by atoms with Crippen molar-refractivity contribution in [1.29, 1.82) is 0 Å². The highest BCUT2D eigenvalue weighted by Gasteiger charge is 2.33. The van der Waals surface area contributed by atoms with Gasteiger partial charge in [0, 0.05) is 0 Å². The number of rotatable bonds is 10. The second-order valence-corrected chi connectivity index (χ2v) is 7.98. The zero-order valence-corrected chi connectivity index (χ0v) is 18.9. The number of ketones is 2. The van der Waals surface area contributed by atoms with Crippen molar-refractivity contribution in [3.05, 3.63) is 0 Å². The number of carbonyl (C=O) groups is 4. The Morgan fingerprint density at radius 2 is 1.71 bits per heavy atom. The van der Waals surface area contributed by atoms with Crippen LogP contribution in [0.2, 0.25) is 0 Å². The number of hydrogen-bond acceptors (Lipinski definition) is 7. The zero-order valence-electron chi connectivity index (χ0n) is 14.7. The Morgan fingerprint density at radius 1 is 1.12 bits per heavy atom. The van der Waals surface area contributed by atoms with E-state index < -0.39 is 52.0 Å². The summed E-state index contributed by atoms with van der Waals surface area (Å²) >= 11 is 1.76. The third kappa shape index (κ3) is 9.47. The molecule has 0 unspecified atom stereocenters. The molecule has 2 atom stereocenters. The molecule has 24 heavy (non-hydrogen) atoms. The first-order chi connectivity index (χ1) is 11.0. The summed E-state index contributed by atoms with van der Waals surface area (Å²) in [7, 11) is 0.247. The Kier molecular flexibility index (Phi) is 10.6. The molecule has 9 heteroatoms. The van der Waals surface area contributed by atoms with Gasteiger partial charge in [-0.15, -0.1) is 0 Å². The van der Waals surface area contributed by atoms with Crippen LogP contribution in [0.4, 0.5) is 0 Å². The van der Waals surface area contributed by atoms with E-state index in [2.05, 4.69) is 0 Å². The molecule has 0 aliphatic carbocycles. The maximum absolute atomic E-state index is 12.1. The Bertz CT molecular complexity index is 473. The fourth-order valence-electron chi connectivity index (χ4n) is 1.68. The number of alkyl halides is 1. The third-order valence-electron chi connectivity index (χ3n) is 2.64. The molecule has 0 aliphatic rings. The van der Waals surface area contributed by atoms with E-state index in [1.54, 1.807) is 43.4 Å². The van der Waals surface area contributed by atoms with Gasteiger partial charge in [0.15, 0.2) is 17.7 Å². The predicted octanol–water partition coefficient (Wildman–Crippen LogP) is 0.669. The summed E-state index contributed by atoms with van der Waals surface area (Å²) in [5.41, 5.74) is -0.692. The molecule has 0 bridgehead atoms. The van der Waals surface area contributed by atoms with Gasteiger partial charge in [-0.05, 0) is 27.2 Å². The normalized spacial score (nSPS) is 13.9. The summed E-state index contributed by atoms with van der Waals surface area (Å²) in [5, 5.41) is 0. The molecule has 0 N–H and O–H groups in total. The minimum Gasteiger partial charge on any atom is -0.464 e. The molecule has 7 nitrogen and oxygen atoms in total. The molecule has 0 spiro atoms. The largest absolute Gasteiger partial charge is 0.464 e. The van der Waals surface area contributed by atoms with E-state index in [1.807, 2.05) is 6.92 Å². The summed E-state index contributed by atoms with van der Waals surface area (Å²) in [5.74, 6) is -2.31. The van der Waals surface area contributed by atoms with Crippen molar-refractivity contribution in [1.82, 2.24) is 0 Å². The summed E-state index contributed by atoms with van der Waals surface area (Å²) in [6.45, 7) is 7.17. The molecule has 0 saturated carbocycles. The van der Waals surface area contributed by atoms with Gasteiger partial charge in [-0.25, -0.2) is 4.79 Å². The van der Waals surface area contributed by atoms with Gasteiger partial charge in [0.05, 0.1) is 13.0 Å². The van der Waals surface area contributed by atoms with Gasteiger partial charge in [-0.2, -0.15) is 0 Å². The van der Waals surface area contributed by atoms with Crippen LogP contribution in [0.1, 0.15) is 47.0 Å².